The molecule has 1 saturated heterocycles. The maximum atomic E-state index is 13.4. The Balaban J connectivity index is 1.49. The van der Waals surface area contributed by atoms with E-state index in [1.54, 1.807) is 4.90 Å². The van der Waals surface area contributed by atoms with Crippen LogP contribution in [0.15, 0.2) is 48.5 Å². The maximum Gasteiger partial charge on any atom is 0.253 e. The van der Waals surface area contributed by atoms with E-state index >= 15 is 0 Å². The number of amides is 1. The minimum absolute atomic E-state index is 0.201. The van der Waals surface area contributed by atoms with Gasteiger partial charge in [-0.15, -0.1) is 0 Å². The molecule has 1 aliphatic heterocycles. The molecule has 1 aromatic heterocycles. The van der Waals surface area contributed by atoms with Crippen molar-refractivity contribution in [3.05, 3.63) is 71.4 Å². The van der Waals surface area contributed by atoms with Crippen molar-refractivity contribution in [1.29, 1.82) is 0 Å². The summed E-state index contributed by atoms with van der Waals surface area (Å²) < 4.78 is 28.7. The van der Waals surface area contributed by atoms with Gasteiger partial charge in [-0.3, -0.25) is 4.79 Å². The third-order valence-corrected chi connectivity index (χ3v) is 5.36. The summed E-state index contributed by atoms with van der Waals surface area (Å²) in [4.78, 5) is 14.3. The van der Waals surface area contributed by atoms with Gasteiger partial charge in [-0.25, -0.2) is 8.78 Å². The lowest BCUT2D eigenvalue weighted by atomic mass is 9.93. The summed E-state index contributed by atoms with van der Waals surface area (Å²) in [7, 11) is 2.08. The van der Waals surface area contributed by atoms with Crippen LogP contribution in [0.1, 0.15) is 34.8 Å². The van der Waals surface area contributed by atoms with Crippen LogP contribution in [0.25, 0.3) is 10.9 Å². The number of fused-ring (bicyclic) bond motifs is 1. The number of halogens is 2. The van der Waals surface area contributed by atoms with E-state index in [-0.39, 0.29) is 11.5 Å². The highest BCUT2D eigenvalue weighted by Crippen LogP contribution is 2.32. The van der Waals surface area contributed by atoms with E-state index in [1.165, 1.54) is 22.7 Å². The molecule has 1 aliphatic rings. The van der Waals surface area contributed by atoms with Crippen LogP contribution in [0.5, 0.6) is 0 Å². The van der Waals surface area contributed by atoms with Crippen LogP contribution in [0.4, 0.5) is 8.78 Å². The Labute approximate surface area is 150 Å². The second kappa shape index (κ2) is 6.56. The van der Waals surface area contributed by atoms with Crippen molar-refractivity contribution >= 4 is 16.8 Å². The van der Waals surface area contributed by atoms with Crippen LogP contribution in [0, 0.1) is 11.6 Å². The van der Waals surface area contributed by atoms with Gasteiger partial charge in [0.1, 0.15) is 0 Å². The topological polar surface area (TPSA) is 25.2 Å². The molecule has 0 aliphatic carbocycles. The third kappa shape index (κ3) is 2.87. The Morgan fingerprint density at radius 3 is 2.42 bits per heavy atom. The fraction of sp³-hybridized carbons (Fsp3) is 0.286. The number of nitrogens with zero attached hydrogens (tertiary/aromatic N) is 2. The van der Waals surface area contributed by atoms with E-state index in [1.807, 2.05) is 12.1 Å². The second-order valence-electron chi connectivity index (χ2n) is 6.88. The first kappa shape index (κ1) is 16.8. The van der Waals surface area contributed by atoms with Crippen molar-refractivity contribution in [2.24, 2.45) is 7.05 Å². The van der Waals surface area contributed by atoms with Gasteiger partial charge in [0, 0.05) is 42.8 Å². The molecule has 0 radical (unpaired) electrons. The summed E-state index contributed by atoms with van der Waals surface area (Å²) in [5.41, 5.74) is 2.70. The fourth-order valence-corrected chi connectivity index (χ4v) is 3.89. The predicted molar refractivity (Wildman–Crippen MR) is 97.2 cm³/mol. The lowest BCUT2D eigenvalue weighted by molar-refractivity contribution is 0.0711. The summed E-state index contributed by atoms with van der Waals surface area (Å²) >= 11 is 0. The molecule has 0 atom stereocenters. The van der Waals surface area contributed by atoms with Gasteiger partial charge in [-0.1, -0.05) is 18.2 Å². The minimum Gasteiger partial charge on any atom is -0.347 e. The zero-order chi connectivity index (χ0) is 18.3. The minimum atomic E-state index is -0.985. The SMILES string of the molecule is Cn1c(C2CCN(C(=O)c3ccc(F)c(F)c3)CC2)cc2ccccc21. The number of likely N-dealkylation sites (tertiary alicyclic amines) is 1. The fourth-order valence-electron chi connectivity index (χ4n) is 3.89. The highest BCUT2D eigenvalue weighted by Gasteiger charge is 2.26. The number of piperidine rings is 1. The number of aromatic nitrogens is 1. The van der Waals surface area contributed by atoms with Crippen molar-refractivity contribution in [2.45, 2.75) is 18.8 Å². The van der Waals surface area contributed by atoms with Gasteiger partial charge in [0.2, 0.25) is 0 Å². The molecule has 1 amide bonds. The van der Waals surface area contributed by atoms with Crippen LogP contribution in [0.2, 0.25) is 0 Å². The van der Waals surface area contributed by atoms with Crippen LogP contribution < -0.4 is 0 Å². The molecule has 2 heterocycles. The molecule has 26 heavy (non-hydrogen) atoms. The van der Waals surface area contributed by atoms with Gasteiger partial charge in [0.05, 0.1) is 0 Å². The summed E-state index contributed by atoms with van der Waals surface area (Å²) in [6.45, 7) is 1.23. The van der Waals surface area contributed by atoms with Gasteiger partial charge >= 0.3 is 0 Å². The normalized spacial score (nSPS) is 15.6. The van der Waals surface area contributed by atoms with Gasteiger partial charge in [0.25, 0.3) is 5.91 Å². The van der Waals surface area contributed by atoms with Gasteiger partial charge < -0.3 is 9.47 Å². The Kier molecular flexibility index (Phi) is 4.23. The smallest absolute Gasteiger partial charge is 0.253 e. The lowest BCUT2D eigenvalue weighted by Gasteiger charge is -2.32. The highest BCUT2D eigenvalue weighted by atomic mass is 19.2. The first-order chi connectivity index (χ1) is 12.5. The number of rotatable bonds is 2. The van der Waals surface area contributed by atoms with Crippen LogP contribution >= 0.6 is 0 Å². The van der Waals surface area contributed by atoms with Crippen LogP contribution in [-0.4, -0.2) is 28.5 Å². The standard InChI is InChI=1S/C21H20F2N2O/c1-24-19-5-3-2-4-15(19)13-20(24)14-8-10-25(11-9-14)21(26)16-6-7-17(22)18(23)12-16/h2-7,12-14H,8-11H2,1H3. The molecule has 0 spiro atoms. The Morgan fingerprint density at radius 2 is 1.73 bits per heavy atom. The molecular weight excluding hydrogens is 334 g/mol. The van der Waals surface area contributed by atoms with Crippen molar-refractivity contribution in [3.8, 4) is 0 Å². The first-order valence-corrected chi connectivity index (χ1v) is 8.83. The summed E-state index contributed by atoms with van der Waals surface area (Å²) in [5, 5.41) is 1.23. The molecule has 0 N–H and O–H groups in total. The van der Waals surface area contributed by atoms with E-state index in [0.29, 0.717) is 19.0 Å². The monoisotopic (exact) mass is 354 g/mol. The van der Waals surface area contributed by atoms with E-state index in [9.17, 15) is 13.6 Å². The zero-order valence-corrected chi connectivity index (χ0v) is 14.6. The quantitative estimate of drug-likeness (QED) is 0.666. The van der Waals surface area contributed by atoms with Gasteiger partial charge in [0.15, 0.2) is 11.6 Å². The molecule has 0 saturated carbocycles. The molecule has 3 nitrogen and oxygen atoms in total. The van der Waals surface area contributed by atoms with E-state index < -0.39 is 11.6 Å². The molecule has 4 rings (SSSR count). The number of aryl methyl sites for hydroxylation is 1. The Bertz CT molecular complexity index is 971. The number of carbonyl (C=O) groups is 1. The van der Waals surface area contributed by atoms with E-state index in [4.69, 9.17) is 0 Å². The molecule has 2 aromatic carbocycles. The molecular formula is C21H20F2N2O. The largest absolute Gasteiger partial charge is 0.347 e. The average Bonchev–Trinajstić information content (AvgIpc) is 3.00. The molecule has 0 unspecified atom stereocenters. The van der Waals surface area contributed by atoms with E-state index in [0.717, 1.165) is 25.0 Å². The van der Waals surface area contributed by atoms with Gasteiger partial charge in [-0.05, 0) is 48.6 Å². The van der Waals surface area contributed by atoms with Gasteiger partial charge in [-0.2, -0.15) is 0 Å². The third-order valence-electron chi connectivity index (χ3n) is 5.36. The zero-order valence-electron chi connectivity index (χ0n) is 14.6. The van der Waals surface area contributed by atoms with Crippen molar-refractivity contribution in [1.82, 2.24) is 9.47 Å². The summed E-state index contributed by atoms with van der Waals surface area (Å²) in [5.74, 6) is -1.77. The number of hydrogen-bond donors (Lipinski definition) is 0. The summed E-state index contributed by atoms with van der Waals surface area (Å²) in [6, 6.07) is 13.9. The van der Waals surface area contributed by atoms with E-state index in [2.05, 4.69) is 29.8 Å². The molecule has 3 aromatic rings. The molecule has 0 bridgehead atoms. The molecule has 5 heteroatoms. The van der Waals surface area contributed by atoms with Crippen molar-refractivity contribution in [2.75, 3.05) is 13.1 Å². The number of hydrogen-bond acceptors (Lipinski definition) is 1. The molecule has 134 valence electrons. The predicted octanol–water partition coefficient (Wildman–Crippen LogP) is 4.48. The van der Waals surface area contributed by atoms with Crippen LogP contribution in [-0.2, 0) is 7.05 Å². The van der Waals surface area contributed by atoms with Crippen LogP contribution in [0.3, 0.4) is 0 Å². The second-order valence-corrected chi connectivity index (χ2v) is 6.88. The Morgan fingerprint density at radius 1 is 1.00 bits per heavy atom. The lowest BCUT2D eigenvalue weighted by Crippen LogP contribution is -2.38. The van der Waals surface area contributed by atoms with Crippen molar-refractivity contribution in [3.63, 3.8) is 0 Å². The molecule has 1 fully saturated rings. The number of carbonyl (C=O) groups excluding carboxylic acids is 1. The summed E-state index contributed by atoms with van der Waals surface area (Å²) in [6.07, 6.45) is 1.72. The van der Waals surface area contributed by atoms with Crippen molar-refractivity contribution < 1.29 is 13.6 Å². The maximum absolute atomic E-state index is 13.4. The Hall–Kier alpha value is -2.69. The first-order valence-electron chi connectivity index (χ1n) is 8.83. The number of para-hydroxylation sites is 1. The number of benzene rings is 2. The highest BCUT2D eigenvalue weighted by molar-refractivity contribution is 5.94. The average molecular weight is 354 g/mol.